The fraction of sp³-hybridized carbons (Fsp3) is 0.407. The zero-order chi connectivity index (χ0) is 28.1. The van der Waals surface area contributed by atoms with Gasteiger partial charge >= 0.3 is 12.0 Å². The van der Waals surface area contributed by atoms with Crippen molar-refractivity contribution in [3.63, 3.8) is 0 Å². The van der Waals surface area contributed by atoms with Crippen molar-refractivity contribution in [3.05, 3.63) is 53.3 Å². The molecule has 2 heterocycles. The van der Waals surface area contributed by atoms with E-state index >= 15 is 4.39 Å². The van der Waals surface area contributed by atoms with Crippen LogP contribution in [0, 0.1) is 11.7 Å². The maximum atomic E-state index is 15.1. The lowest BCUT2D eigenvalue weighted by Crippen LogP contribution is -2.45. The van der Waals surface area contributed by atoms with E-state index in [2.05, 4.69) is 10.6 Å². The number of amides is 4. The number of urea groups is 1. The highest BCUT2D eigenvalue weighted by Crippen LogP contribution is 2.29. The second-order valence-electron chi connectivity index (χ2n) is 9.29. The third-order valence-corrected chi connectivity index (χ3v) is 7.04. The second kappa shape index (κ2) is 12.4. The molecule has 2 aromatic carbocycles. The molecule has 0 aliphatic carbocycles. The highest BCUT2D eigenvalue weighted by Gasteiger charge is 2.40. The van der Waals surface area contributed by atoms with Crippen molar-refractivity contribution >= 4 is 52.5 Å². The number of nitrogens with one attached hydrogen (secondary N) is 2. The van der Waals surface area contributed by atoms with Gasteiger partial charge in [-0.15, -0.1) is 0 Å². The highest BCUT2D eigenvalue weighted by molar-refractivity contribution is 6.30. The molecule has 208 valence electrons. The van der Waals surface area contributed by atoms with Gasteiger partial charge in [0.2, 0.25) is 11.8 Å². The van der Waals surface area contributed by atoms with Gasteiger partial charge in [0.05, 0.1) is 18.4 Å². The molecule has 2 N–H and O–H groups in total. The van der Waals surface area contributed by atoms with E-state index in [1.807, 2.05) is 0 Å². The Morgan fingerprint density at radius 3 is 2.54 bits per heavy atom. The summed E-state index contributed by atoms with van der Waals surface area (Å²) >= 11 is 5.90. The summed E-state index contributed by atoms with van der Waals surface area (Å²) in [7, 11) is 1.49. The van der Waals surface area contributed by atoms with Gasteiger partial charge in [-0.1, -0.05) is 11.6 Å². The molecule has 0 bridgehead atoms. The third-order valence-electron chi connectivity index (χ3n) is 6.79. The molecular weight excluding hydrogens is 531 g/mol. The minimum atomic E-state index is -0.928. The van der Waals surface area contributed by atoms with Gasteiger partial charge in [-0.25, -0.2) is 9.18 Å². The van der Waals surface area contributed by atoms with Crippen LogP contribution in [-0.2, 0) is 23.9 Å². The fourth-order valence-corrected chi connectivity index (χ4v) is 4.88. The van der Waals surface area contributed by atoms with Gasteiger partial charge in [-0.3, -0.25) is 14.4 Å². The Kier molecular flexibility index (Phi) is 9.03. The second-order valence-corrected chi connectivity index (χ2v) is 9.73. The Balaban J connectivity index is 1.45. The maximum Gasteiger partial charge on any atom is 0.322 e. The molecule has 4 amide bonds. The Hall–Kier alpha value is -3.70. The lowest BCUT2D eigenvalue weighted by Gasteiger charge is -2.31. The average Bonchev–Trinajstić information content (AvgIpc) is 3.36. The minimum absolute atomic E-state index is 0.103. The molecule has 2 aromatic rings. The average molecular weight is 561 g/mol. The van der Waals surface area contributed by atoms with Crippen LogP contribution in [0.4, 0.5) is 26.2 Å². The van der Waals surface area contributed by atoms with E-state index in [-0.39, 0.29) is 37.1 Å². The molecule has 0 saturated carbocycles. The number of rotatable bonds is 7. The Bertz CT molecular complexity index is 1240. The molecule has 0 aromatic heterocycles. The van der Waals surface area contributed by atoms with Crippen molar-refractivity contribution < 1.29 is 33.0 Å². The normalized spacial score (nSPS) is 21.0. The number of hydrogen-bond donors (Lipinski definition) is 2. The SMILES string of the molecule is CCOC(=O)C1CCCN(c2ccc(NC(=O)C3CC(OC)CN3C(=O)Nc3ccc(Cl)cc3)c(F)c2)C1=O. The van der Waals surface area contributed by atoms with Crippen molar-refractivity contribution in [1.82, 2.24) is 4.90 Å². The van der Waals surface area contributed by atoms with Gasteiger partial charge in [-0.05, 0) is 62.2 Å². The van der Waals surface area contributed by atoms with Crippen LogP contribution in [0.3, 0.4) is 0 Å². The molecule has 2 saturated heterocycles. The molecule has 3 unspecified atom stereocenters. The molecule has 2 fully saturated rings. The number of halogens is 2. The number of benzene rings is 2. The van der Waals surface area contributed by atoms with Crippen molar-refractivity contribution in [3.8, 4) is 0 Å². The first kappa shape index (κ1) is 28.3. The number of esters is 1. The first-order chi connectivity index (χ1) is 18.7. The van der Waals surface area contributed by atoms with Crippen LogP contribution in [0.1, 0.15) is 26.2 Å². The number of ether oxygens (including phenoxy) is 2. The van der Waals surface area contributed by atoms with Crippen LogP contribution in [0.25, 0.3) is 0 Å². The summed E-state index contributed by atoms with van der Waals surface area (Å²) in [5, 5.41) is 5.80. The van der Waals surface area contributed by atoms with Gasteiger partial charge in [0, 0.05) is 43.0 Å². The van der Waals surface area contributed by atoms with Crippen molar-refractivity contribution in [1.29, 1.82) is 0 Å². The van der Waals surface area contributed by atoms with Crippen LogP contribution in [0.2, 0.25) is 5.02 Å². The Morgan fingerprint density at radius 1 is 1.13 bits per heavy atom. The lowest BCUT2D eigenvalue weighted by atomic mass is 9.96. The van der Waals surface area contributed by atoms with Gasteiger partial charge in [0.1, 0.15) is 17.8 Å². The Labute approximate surface area is 230 Å². The van der Waals surface area contributed by atoms with Gasteiger partial charge in [0.15, 0.2) is 0 Å². The third kappa shape index (κ3) is 6.48. The standard InChI is InChI=1S/C27H30ClFN4O6/c1-3-39-26(36)20-5-4-12-32(25(20)35)18-10-11-22(21(29)13-18)31-24(34)23-14-19(38-2)15-33(23)27(37)30-17-8-6-16(28)7-9-17/h6-11,13,19-20,23H,3-5,12,14-15H2,1-2H3,(H,30,37)(H,31,34). The van der Waals surface area contributed by atoms with Gasteiger partial charge < -0.3 is 29.9 Å². The first-order valence-corrected chi connectivity index (χ1v) is 13.0. The molecule has 39 heavy (non-hydrogen) atoms. The van der Waals surface area contributed by atoms with Gasteiger partial charge in [0.25, 0.3) is 0 Å². The zero-order valence-corrected chi connectivity index (χ0v) is 22.4. The molecule has 2 aliphatic heterocycles. The summed E-state index contributed by atoms with van der Waals surface area (Å²) in [5.74, 6) is -3.31. The number of hydrogen-bond acceptors (Lipinski definition) is 6. The van der Waals surface area contributed by atoms with E-state index in [4.69, 9.17) is 21.1 Å². The van der Waals surface area contributed by atoms with Crippen molar-refractivity contribution in [2.75, 3.05) is 42.3 Å². The number of piperidine rings is 1. The number of carbonyl (C=O) groups excluding carboxylic acids is 4. The van der Waals surface area contributed by atoms with E-state index in [1.54, 1.807) is 31.2 Å². The van der Waals surface area contributed by atoms with Crippen molar-refractivity contribution in [2.45, 2.75) is 38.3 Å². The predicted octanol–water partition coefficient (Wildman–Crippen LogP) is 4.05. The highest BCUT2D eigenvalue weighted by atomic mass is 35.5. The summed E-state index contributed by atoms with van der Waals surface area (Å²) in [5.41, 5.74) is 0.673. The summed E-state index contributed by atoms with van der Waals surface area (Å²) in [6.45, 7) is 2.34. The first-order valence-electron chi connectivity index (χ1n) is 12.7. The molecule has 4 rings (SSSR count). The maximum absolute atomic E-state index is 15.1. The predicted molar refractivity (Wildman–Crippen MR) is 143 cm³/mol. The monoisotopic (exact) mass is 560 g/mol. The molecule has 2 aliphatic rings. The van der Waals surface area contributed by atoms with E-state index in [0.29, 0.717) is 30.1 Å². The molecule has 0 radical (unpaired) electrons. The molecule has 3 atom stereocenters. The van der Waals surface area contributed by atoms with Gasteiger partial charge in [-0.2, -0.15) is 0 Å². The summed E-state index contributed by atoms with van der Waals surface area (Å²) in [6.07, 6.45) is 0.789. The largest absolute Gasteiger partial charge is 0.465 e. The van der Waals surface area contributed by atoms with Crippen LogP contribution < -0.4 is 15.5 Å². The van der Waals surface area contributed by atoms with Crippen LogP contribution >= 0.6 is 11.6 Å². The summed E-state index contributed by atoms with van der Waals surface area (Å²) < 4.78 is 25.5. The number of nitrogens with zero attached hydrogens (tertiary/aromatic N) is 2. The number of carbonyl (C=O) groups is 4. The summed E-state index contributed by atoms with van der Waals surface area (Å²) in [4.78, 5) is 53.8. The Morgan fingerprint density at radius 2 is 1.87 bits per heavy atom. The molecule has 0 spiro atoms. The number of anilines is 3. The van der Waals surface area contributed by atoms with Crippen molar-refractivity contribution in [2.24, 2.45) is 5.92 Å². The molecule has 10 nitrogen and oxygen atoms in total. The van der Waals surface area contributed by atoms with Crippen LogP contribution in [0.15, 0.2) is 42.5 Å². The minimum Gasteiger partial charge on any atom is -0.465 e. The lowest BCUT2D eigenvalue weighted by molar-refractivity contribution is -0.152. The fourth-order valence-electron chi connectivity index (χ4n) is 4.75. The number of likely N-dealkylation sites (tertiary alicyclic amines) is 1. The molecular formula is C27H30ClFN4O6. The van der Waals surface area contributed by atoms with E-state index < -0.39 is 41.6 Å². The van der Waals surface area contributed by atoms with E-state index in [0.717, 1.165) is 6.07 Å². The molecule has 12 heteroatoms. The number of methoxy groups -OCH3 is 1. The van der Waals surface area contributed by atoms with E-state index in [9.17, 15) is 19.2 Å². The van der Waals surface area contributed by atoms with Crippen LogP contribution in [-0.4, -0.2) is 67.7 Å². The topological polar surface area (TPSA) is 117 Å². The summed E-state index contributed by atoms with van der Waals surface area (Å²) in [6, 6.07) is 9.11. The van der Waals surface area contributed by atoms with Crippen LogP contribution in [0.5, 0.6) is 0 Å². The smallest absolute Gasteiger partial charge is 0.322 e. The zero-order valence-electron chi connectivity index (χ0n) is 21.6. The quantitative estimate of drug-likeness (QED) is 0.390. The van der Waals surface area contributed by atoms with E-state index in [1.165, 1.54) is 29.0 Å².